The Kier molecular flexibility index (Phi) is 4.29. The van der Waals surface area contributed by atoms with Crippen LogP contribution in [0.5, 0.6) is 5.75 Å². The van der Waals surface area contributed by atoms with E-state index >= 15 is 0 Å². The number of aliphatic imine (C=N–C) groups is 1. The van der Waals surface area contributed by atoms with Gasteiger partial charge in [0, 0.05) is 12.4 Å². The van der Waals surface area contributed by atoms with Crippen molar-refractivity contribution >= 4 is 20.2 Å². The summed E-state index contributed by atoms with van der Waals surface area (Å²) in [5, 5.41) is 0. The molecule has 0 fully saturated rings. The molecule has 2 aromatic rings. The van der Waals surface area contributed by atoms with Crippen LogP contribution in [-0.2, 0) is 0 Å². The maximum absolute atomic E-state index is 6.09. The van der Waals surface area contributed by atoms with Gasteiger partial charge in [-0.05, 0) is 50.3 Å². The second kappa shape index (κ2) is 5.96. The van der Waals surface area contributed by atoms with Crippen molar-refractivity contribution in [3.8, 4) is 5.75 Å². The van der Waals surface area contributed by atoms with Crippen molar-refractivity contribution in [2.45, 2.75) is 26.6 Å². The molecule has 104 valence electrons. The zero-order chi connectivity index (χ0) is 14.6. The molecule has 0 unspecified atom stereocenters. The lowest BCUT2D eigenvalue weighted by molar-refractivity contribution is 0.558. The second-order valence-corrected chi connectivity index (χ2v) is 9.98. The summed E-state index contributed by atoms with van der Waals surface area (Å²) in [4.78, 5) is 12.7. The van der Waals surface area contributed by atoms with Crippen LogP contribution in [0.4, 0.5) is 5.69 Å². The van der Waals surface area contributed by atoms with Crippen LogP contribution in [0.25, 0.3) is 0 Å². The Morgan fingerprint density at radius 3 is 2.50 bits per heavy atom. The molecule has 0 spiro atoms. The highest BCUT2D eigenvalue weighted by atomic mass is 28.4. The monoisotopic (exact) mass is 285 g/mol. The number of hydrogen-bond donors (Lipinski definition) is 0. The Balaban J connectivity index is 2.29. The van der Waals surface area contributed by atoms with Gasteiger partial charge in [0.05, 0.1) is 6.21 Å². The van der Waals surface area contributed by atoms with Crippen LogP contribution >= 0.6 is 0 Å². The molecule has 5 heteroatoms. The van der Waals surface area contributed by atoms with Crippen LogP contribution in [0.3, 0.4) is 0 Å². The normalized spacial score (nSPS) is 11.8. The second-order valence-electron chi connectivity index (χ2n) is 5.55. The number of benzene rings is 1. The van der Waals surface area contributed by atoms with Gasteiger partial charge in [-0.2, -0.15) is 0 Å². The third-order valence-electron chi connectivity index (χ3n) is 2.44. The van der Waals surface area contributed by atoms with E-state index in [-0.39, 0.29) is 0 Å². The zero-order valence-electron chi connectivity index (χ0n) is 12.3. The van der Waals surface area contributed by atoms with Gasteiger partial charge in [-0.3, -0.25) is 0 Å². The average Bonchev–Trinajstić information content (AvgIpc) is 2.37. The van der Waals surface area contributed by atoms with Gasteiger partial charge in [0.15, 0.2) is 5.82 Å². The SMILES string of the molecule is Cc1ccc(/N=C/c2ncccn2)c(O[Si](C)(C)C)c1. The Labute approximate surface area is 120 Å². The van der Waals surface area contributed by atoms with E-state index in [0.717, 1.165) is 17.0 Å². The molecule has 1 heterocycles. The standard InChI is InChI=1S/C15H19N3OSi/c1-12-6-7-13(14(10-12)19-20(2,3)4)18-11-15-16-8-5-9-17-15/h5-11H,1-4H3/b18-11+. The van der Waals surface area contributed by atoms with Crippen molar-refractivity contribution in [2.75, 3.05) is 0 Å². The van der Waals surface area contributed by atoms with Crippen LogP contribution < -0.4 is 4.43 Å². The Morgan fingerprint density at radius 1 is 1.15 bits per heavy atom. The van der Waals surface area contributed by atoms with E-state index in [2.05, 4.69) is 34.6 Å². The largest absolute Gasteiger partial charge is 0.543 e. The first kappa shape index (κ1) is 14.4. The third kappa shape index (κ3) is 4.27. The summed E-state index contributed by atoms with van der Waals surface area (Å²) in [7, 11) is -1.67. The van der Waals surface area contributed by atoms with Crippen LogP contribution in [-0.4, -0.2) is 24.5 Å². The van der Waals surface area contributed by atoms with Gasteiger partial charge in [-0.1, -0.05) is 6.07 Å². The van der Waals surface area contributed by atoms with Crippen LogP contribution in [0, 0.1) is 6.92 Å². The van der Waals surface area contributed by atoms with E-state index < -0.39 is 8.32 Å². The smallest absolute Gasteiger partial charge is 0.242 e. The van der Waals surface area contributed by atoms with Crippen molar-refractivity contribution in [1.82, 2.24) is 9.97 Å². The molecule has 2 rings (SSSR count). The van der Waals surface area contributed by atoms with Crippen molar-refractivity contribution in [1.29, 1.82) is 0 Å². The minimum Gasteiger partial charge on any atom is -0.543 e. The number of hydrogen-bond acceptors (Lipinski definition) is 4. The van der Waals surface area contributed by atoms with Crippen LogP contribution in [0.2, 0.25) is 19.6 Å². The number of rotatable bonds is 4. The van der Waals surface area contributed by atoms with Gasteiger partial charge in [-0.15, -0.1) is 0 Å². The molecule has 0 saturated carbocycles. The molecule has 0 N–H and O–H groups in total. The summed E-state index contributed by atoms with van der Waals surface area (Å²) in [5.41, 5.74) is 1.97. The lowest BCUT2D eigenvalue weighted by Crippen LogP contribution is -2.29. The first-order chi connectivity index (χ1) is 9.44. The lowest BCUT2D eigenvalue weighted by Gasteiger charge is -2.20. The maximum atomic E-state index is 6.09. The Bertz CT molecular complexity index is 606. The van der Waals surface area contributed by atoms with Gasteiger partial charge in [0.25, 0.3) is 0 Å². The molecular weight excluding hydrogens is 266 g/mol. The van der Waals surface area contributed by atoms with E-state index in [4.69, 9.17) is 4.43 Å². The molecule has 0 aliphatic heterocycles. The maximum Gasteiger partial charge on any atom is 0.242 e. The van der Waals surface area contributed by atoms with E-state index in [9.17, 15) is 0 Å². The summed E-state index contributed by atoms with van der Waals surface area (Å²) in [6.45, 7) is 8.51. The fourth-order valence-electron chi connectivity index (χ4n) is 1.64. The van der Waals surface area contributed by atoms with Crippen LogP contribution in [0.15, 0.2) is 41.7 Å². The van der Waals surface area contributed by atoms with Gasteiger partial charge in [-0.25, -0.2) is 15.0 Å². The topological polar surface area (TPSA) is 47.4 Å². The first-order valence-corrected chi connectivity index (χ1v) is 9.96. The van der Waals surface area contributed by atoms with Crippen molar-refractivity contribution in [3.63, 3.8) is 0 Å². The number of aryl methyl sites for hydroxylation is 1. The summed E-state index contributed by atoms with van der Waals surface area (Å²) in [5.74, 6) is 1.42. The molecular formula is C15H19N3OSi. The fourth-order valence-corrected chi connectivity index (χ4v) is 2.47. The van der Waals surface area contributed by atoms with E-state index in [0.29, 0.717) is 5.82 Å². The summed E-state index contributed by atoms with van der Waals surface area (Å²) >= 11 is 0. The predicted molar refractivity (Wildman–Crippen MR) is 84.4 cm³/mol. The van der Waals surface area contributed by atoms with Crippen LogP contribution in [0.1, 0.15) is 11.4 Å². The highest BCUT2D eigenvalue weighted by molar-refractivity contribution is 6.70. The molecule has 4 nitrogen and oxygen atoms in total. The summed E-state index contributed by atoms with van der Waals surface area (Å²) in [6, 6.07) is 7.79. The van der Waals surface area contributed by atoms with Gasteiger partial charge < -0.3 is 4.43 Å². The molecule has 1 aromatic carbocycles. The Morgan fingerprint density at radius 2 is 1.85 bits per heavy atom. The summed E-state index contributed by atoms with van der Waals surface area (Å²) < 4.78 is 6.09. The minimum atomic E-state index is -1.67. The highest BCUT2D eigenvalue weighted by Crippen LogP contribution is 2.30. The molecule has 0 aliphatic carbocycles. The van der Waals surface area contributed by atoms with Gasteiger partial charge in [0.1, 0.15) is 11.4 Å². The molecule has 0 bridgehead atoms. The number of aromatic nitrogens is 2. The highest BCUT2D eigenvalue weighted by Gasteiger charge is 2.18. The van der Waals surface area contributed by atoms with E-state index in [1.807, 2.05) is 25.1 Å². The third-order valence-corrected chi connectivity index (χ3v) is 3.27. The van der Waals surface area contributed by atoms with E-state index in [1.54, 1.807) is 24.7 Å². The first-order valence-electron chi connectivity index (χ1n) is 6.55. The summed E-state index contributed by atoms with van der Waals surface area (Å²) in [6.07, 6.45) is 5.05. The number of nitrogens with zero attached hydrogens (tertiary/aromatic N) is 3. The van der Waals surface area contributed by atoms with E-state index in [1.165, 1.54) is 0 Å². The average molecular weight is 285 g/mol. The van der Waals surface area contributed by atoms with Crippen molar-refractivity contribution in [2.24, 2.45) is 4.99 Å². The lowest BCUT2D eigenvalue weighted by atomic mass is 10.2. The van der Waals surface area contributed by atoms with Crippen molar-refractivity contribution in [3.05, 3.63) is 48.0 Å². The zero-order valence-corrected chi connectivity index (χ0v) is 13.3. The molecule has 1 aromatic heterocycles. The minimum absolute atomic E-state index is 0.590. The molecule has 0 radical (unpaired) electrons. The Hall–Kier alpha value is -2.01. The quantitative estimate of drug-likeness (QED) is 0.635. The molecule has 0 aliphatic rings. The fraction of sp³-hybridized carbons (Fsp3) is 0.267. The van der Waals surface area contributed by atoms with Gasteiger partial charge in [0.2, 0.25) is 8.32 Å². The van der Waals surface area contributed by atoms with Gasteiger partial charge >= 0.3 is 0 Å². The molecule has 0 amide bonds. The molecule has 20 heavy (non-hydrogen) atoms. The molecule has 0 atom stereocenters. The molecule has 0 saturated heterocycles. The van der Waals surface area contributed by atoms with Crippen molar-refractivity contribution < 1.29 is 4.43 Å². The predicted octanol–water partition coefficient (Wildman–Crippen LogP) is 3.75.